The number of carbonyl (C=O) groups is 1. The van der Waals surface area contributed by atoms with Crippen molar-refractivity contribution in [2.75, 3.05) is 0 Å². The van der Waals surface area contributed by atoms with Crippen molar-refractivity contribution in [3.63, 3.8) is 0 Å². The molecular weight excluding hydrogens is 164 g/mol. The molecule has 2 nitrogen and oxygen atoms in total. The fourth-order valence-corrected chi connectivity index (χ4v) is 1.68. The zero-order valence-corrected chi connectivity index (χ0v) is 8.25. The molecule has 0 aromatic carbocycles. The molecule has 1 rings (SSSR count). The first kappa shape index (κ1) is 10.5. The molecule has 1 aliphatic carbocycles. The maximum atomic E-state index is 11.2. The van der Waals surface area contributed by atoms with Crippen LogP contribution in [0.25, 0.3) is 0 Å². The Morgan fingerprint density at radius 1 is 1.54 bits per heavy atom. The van der Waals surface area contributed by atoms with Crippen LogP contribution in [0.3, 0.4) is 0 Å². The number of hydrogen-bond donors (Lipinski definition) is 1. The molecule has 0 aliphatic heterocycles. The molecule has 0 saturated heterocycles. The summed E-state index contributed by atoms with van der Waals surface area (Å²) >= 11 is 0. The number of unbranched alkanes of at least 4 members (excludes halogenated alkanes) is 2. The van der Waals surface area contributed by atoms with E-state index in [2.05, 4.69) is 6.92 Å². The quantitative estimate of drug-likeness (QED) is 0.662. The smallest absolute Gasteiger partial charge is 0.161 e. The van der Waals surface area contributed by atoms with E-state index in [1.807, 2.05) is 6.08 Å². The van der Waals surface area contributed by atoms with E-state index < -0.39 is 6.10 Å². The van der Waals surface area contributed by atoms with Gasteiger partial charge in [0, 0.05) is 12.0 Å². The Morgan fingerprint density at radius 2 is 2.31 bits per heavy atom. The fourth-order valence-electron chi connectivity index (χ4n) is 1.68. The number of hydrogen-bond acceptors (Lipinski definition) is 2. The molecule has 2 heteroatoms. The van der Waals surface area contributed by atoms with Crippen LogP contribution in [0.4, 0.5) is 0 Å². The minimum Gasteiger partial charge on any atom is -0.388 e. The van der Waals surface area contributed by atoms with Gasteiger partial charge in [-0.15, -0.1) is 0 Å². The lowest BCUT2D eigenvalue weighted by Gasteiger charge is -2.09. The summed E-state index contributed by atoms with van der Waals surface area (Å²) in [5.41, 5.74) is 0.663. The fraction of sp³-hybridized carbons (Fsp3) is 0.727. The molecule has 0 bridgehead atoms. The van der Waals surface area contributed by atoms with Gasteiger partial charge >= 0.3 is 0 Å². The van der Waals surface area contributed by atoms with E-state index in [9.17, 15) is 9.90 Å². The van der Waals surface area contributed by atoms with E-state index >= 15 is 0 Å². The monoisotopic (exact) mass is 182 g/mol. The van der Waals surface area contributed by atoms with Crippen LogP contribution in [0.15, 0.2) is 11.6 Å². The van der Waals surface area contributed by atoms with Crippen LogP contribution >= 0.6 is 0 Å². The number of Topliss-reactive ketones (excluding diaryl/α,β-unsaturated/α-hetero) is 1. The normalized spacial score (nSPS) is 18.9. The van der Waals surface area contributed by atoms with Crippen LogP contribution in [0.1, 0.15) is 45.4 Å². The highest BCUT2D eigenvalue weighted by molar-refractivity contribution is 5.98. The van der Waals surface area contributed by atoms with E-state index in [0.717, 1.165) is 32.1 Å². The molecule has 1 unspecified atom stereocenters. The Hall–Kier alpha value is -0.630. The van der Waals surface area contributed by atoms with Crippen molar-refractivity contribution in [3.8, 4) is 0 Å². The molecule has 1 N–H and O–H groups in total. The maximum Gasteiger partial charge on any atom is 0.161 e. The first-order chi connectivity index (χ1) is 6.25. The predicted molar refractivity (Wildman–Crippen MR) is 52.5 cm³/mol. The number of ketones is 1. The van der Waals surface area contributed by atoms with Gasteiger partial charge in [0.15, 0.2) is 5.78 Å². The molecule has 0 spiro atoms. The summed E-state index contributed by atoms with van der Waals surface area (Å²) in [6, 6.07) is 0. The highest BCUT2D eigenvalue weighted by atomic mass is 16.3. The molecule has 0 saturated carbocycles. The molecule has 74 valence electrons. The Morgan fingerprint density at radius 3 is 2.85 bits per heavy atom. The average Bonchev–Trinajstić information content (AvgIpc) is 2.52. The van der Waals surface area contributed by atoms with Crippen molar-refractivity contribution in [3.05, 3.63) is 11.6 Å². The second kappa shape index (κ2) is 5.18. The third-order valence-corrected chi connectivity index (χ3v) is 2.50. The van der Waals surface area contributed by atoms with Gasteiger partial charge < -0.3 is 5.11 Å². The van der Waals surface area contributed by atoms with Crippen molar-refractivity contribution >= 4 is 5.78 Å². The van der Waals surface area contributed by atoms with Gasteiger partial charge in [0.1, 0.15) is 0 Å². The Balaban J connectivity index is 2.30. The van der Waals surface area contributed by atoms with Gasteiger partial charge in [0.2, 0.25) is 0 Å². The SMILES string of the molecule is CCCCCC(O)C1=CCCC1=O. The Bertz CT molecular complexity index is 206. The molecule has 1 atom stereocenters. The zero-order valence-electron chi connectivity index (χ0n) is 8.25. The zero-order chi connectivity index (χ0) is 9.68. The van der Waals surface area contributed by atoms with Crippen LogP contribution in [0, 0.1) is 0 Å². The van der Waals surface area contributed by atoms with Crippen molar-refractivity contribution in [2.45, 2.75) is 51.6 Å². The van der Waals surface area contributed by atoms with Crippen LogP contribution < -0.4 is 0 Å². The lowest BCUT2D eigenvalue weighted by molar-refractivity contribution is -0.115. The second-order valence-electron chi connectivity index (χ2n) is 3.63. The lowest BCUT2D eigenvalue weighted by atomic mass is 10.0. The van der Waals surface area contributed by atoms with Crippen LogP contribution in [0.2, 0.25) is 0 Å². The molecule has 0 aromatic heterocycles. The van der Waals surface area contributed by atoms with Gasteiger partial charge in [-0.2, -0.15) is 0 Å². The first-order valence-corrected chi connectivity index (χ1v) is 5.17. The van der Waals surface area contributed by atoms with Crippen LogP contribution in [-0.4, -0.2) is 17.0 Å². The maximum absolute atomic E-state index is 11.2. The van der Waals surface area contributed by atoms with E-state index in [-0.39, 0.29) is 5.78 Å². The van der Waals surface area contributed by atoms with Gasteiger partial charge in [-0.3, -0.25) is 4.79 Å². The van der Waals surface area contributed by atoms with E-state index in [1.165, 1.54) is 0 Å². The molecule has 0 aromatic rings. The van der Waals surface area contributed by atoms with Crippen LogP contribution in [-0.2, 0) is 4.79 Å². The van der Waals surface area contributed by atoms with Crippen molar-refractivity contribution in [1.29, 1.82) is 0 Å². The molecule has 0 heterocycles. The Labute approximate surface area is 79.6 Å². The second-order valence-corrected chi connectivity index (χ2v) is 3.63. The third kappa shape index (κ3) is 2.96. The number of allylic oxidation sites excluding steroid dienone is 1. The molecular formula is C11H18O2. The minimum atomic E-state index is -0.499. The standard InChI is InChI=1S/C11H18O2/c1-2-3-4-7-10(12)9-6-5-8-11(9)13/h6,10,12H,2-5,7-8H2,1H3. The van der Waals surface area contributed by atoms with Gasteiger partial charge in [-0.1, -0.05) is 32.3 Å². The summed E-state index contributed by atoms with van der Waals surface area (Å²) in [6.07, 6.45) is 6.85. The third-order valence-electron chi connectivity index (χ3n) is 2.50. The Kier molecular flexibility index (Phi) is 4.16. The van der Waals surface area contributed by atoms with E-state index in [1.54, 1.807) is 0 Å². The molecule has 0 amide bonds. The highest BCUT2D eigenvalue weighted by Crippen LogP contribution is 2.20. The summed E-state index contributed by atoms with van der Waals surface area (Å²) < 4.78 is 0. The summed E-state index contributed by atoms with van der Waals surface area (Å²) in [5, 5.41) is 9.66. The molecule has 13 heavy (non-hydrogen) atoms. The van der Waals surface area contributed by atoms with Crippen molar-refractivity contribution < 1.29 is 9.90 Å². The number of aliphatic hydroxyl groups is 1. The molecule has 0 fully saturated rings. The number of rotatable bonds is 5. The highest BCUT2D eigenvalue weighted by Gasteiger charge is 2.21. The van der Waals surface area contributed by atoms with Gasteiger partial charge in [-0.25, -0.2) is 0 Å². The topological polar surface area (TPSA) is 37.3 Å². The number of aliphatic hydroxyl groups excluding tert-OH is 1. The summed E-state index contributed by atoms with van der Waals surface area (Å²) in [7, 11) is 0. The van der Waals surface area contributed by atoms with Gasteiger partial charge in [0.05, 0.1) is 6.10 Å². The first-order valence-electron chi connectivity index (χ1n) is 5.17. The summed E-state index contributed by atoms with van der Waals surface area (Å²) in [5.74, 6) is 0.143. The lowest BCUT2D eigenvalue weighted by Crippen LogP contribution is -2.14. The van der Waals surface area contributed by atoms with E-state index in [4.69, 9.17) is 0 Å². The van der Waals surface area contributed by atoms with Crippen molar-refractivity contribution in [2.24, 2.45) is 0 Å². The van der Waals surface area contributed by atoms with Crippen molar-refractivity contribution in [1.82, 2.24) is 0 Å². The minimum absolute atomic E-state index is 0.143. The van der Waals surface area contributed by atoms with E-state index in [0.29, 0.717) is 12.0 Å². The van der Waals surface area contributed by atoms with Gasteiger partial charge in [-0.05, 0) is 12.8 Å². The largest absolute Gasteiger partial charge is 0.388 e. The number of carbonyl (C=O) groups excluding carboxylic acids is 1. The molecule has 0 radical (unpaired) electrons. The van der Waals surface area contributed by atoms with Crippen LogP contribution in [0.5, 0.6) is 0 Å². The summed E-state index contributed by atoms with van der Waals surface area (Å²) in [4.78, 5) is 11.2. The molecule has 1 aliphatic rings. The average molecular weight is 182 g/mol. The van der Waals surface area contributed by atoms with Gasteiger partial charge in [0.25, 0.3) is 0 Å². The summed E-state index contributed by atoms with van der Waals surface area (Å²) in [6.45, 7) is 2.13. The predicted octanol–water partition coefficient (Wildman–Crippen LogP) is 2.22.